The molecule has 1 aromatic heterocycles. The van der Waals surface area contributed by atoms with E-state index in [0.29, 0.717) is 13.2 Å². The molecule has 2 aromatic rings. The second-order valence-electron chi connectivity index (χ2n) is 5.25. The summed E-state index contributed by atoms with van der Waals surface area (Å²) in [4.78, 5) is 4.65. The first kappa shape index (κ1) is 17.7. The van der Waals surface area contributed by atoms with E-state index in [1.165, 1.54) is 0 Å². The first-order chi connectivity index (χ1) is 11.8. The third-order valence-corrected chi connectivity index (χ3v) is 3.41. The molecule has 0 saturated carbocycles. The number of guanidine groups is 1. The number of benzene rings is 1. The molecule has 0 spiro atoms. The van der Waals surface area contributed by atoms with Gasteiger partial charge in [-0.05, 0) is 25.1 Å². The molecule has 0 amide bonds. The Hall–Kier alpha value is -2.69. The molecule has 0 fully saturated rings. The number of nitrogens with zero attached hydrogens (tertiary/aromatic N) is 2. The van der Waals surface area contributed by atoms with Gasteiger partial charge in [0.1, 0.15) is 12.4 Å². The van der Waals surface area contributed by atoms with Crippen molar-refractivity contribution in [1.82, 2.24) is 15.2 Å². The van der Waals surface area contributed by atoms with Gasteiger partial charge in [0.15, 0.2) is 5.96 Å². The average molecular weight is 326 g/mol. The predicted octanol–water partition coefficient (Wildman–Crippen LogP) is 2.81. The molecule has 5 nitrogen and oxygen atoms in total. The molecule has 1 aromatic carbocycles. The van der Waals surface area contributed by atoms with E-state index in [2.05, 4.69) is 46.1 Å². The maximum Gasteiger partial charge on any atom is 0.191 e. The summed E-state index contributed by atoms with van der Waals surface area (Å²) in [6.07, 6.45) is 5.85. The van der Waals surface area contributed by atoms with Crippen LogP contribution in [0.1, 0.15) is 12.5 Å². The summed E-state index contributed by atoms with van der Waals surface area (Å²) < 4.78 is 7.81. The lowest BCUT2D eigenvalue weighted by Gasteiger charge is -2.13. The van der Waals surface area contributed by atoms with Gasteiger partial charge in [0.2, 0.25) is 0 Å². The largest absolute Gasteiger partial charge is 0.489 e. The Kier molecular flexibility index (Phi) is 7.47. The molecule has 0 bridgehead atoms. The molecule has 2 rings (SSSR count). The highest BCUT2D eigenvalue weighted by Crippen LogP contribution is 2.18. The van der Waals surface area contributed by atoms with Crippen LogP contribution in [0.4, 0.5) is 0 Å². The van der Waals surface area contributed by atoms with Crippen LogP contribution in [0.15, 0.2) is 66.4 Å². The zero-order valence-corrected chi connectivity index (χ0v) is 14.2. The lowest BCUT2D eigenvalue weighted by Crippen LogP contribution is -2.38. The van der Waals surface area contributed by atoms with E-state index in [9.17, 15) is 0 Å². The molecule has 24 heavy (non-hydrogen) atoms. The van der Waals surface area contributed by atoms with Crippen molar-refractivity contribution in [3.63, 3.8) is 0 Å². The van der Waals surface area contributed by atoms with Crippen molar-refractivity contribution in [3.8, 4) is 5.75 Å². The van der Waals surface area contributed by atoms with Gasteiger partial charge in [0.25, 0.3) is 0 Å². The van der Waals surface area contributed by atoms with E-state index < -0.39 is 0 Å². The normalized spacial score (nSPS) is 11.1. The maximum absolute atomic E-state index is 5.68. The number of hydrogen-bond acceptors (Lipinski definition) is 2. The van der Waals surface area contributed by atoms with Gasteiger partial charge >= 0.3 is 0 Å². The standard InChI is InChI=1S/C19H26N4O/c1-3-15-24-18-10-6-5-9-17(18)16-22-19(20-4-2)21-11-14-23-12-7-8-13-23/h3,5-10,12-13H,1,4,11,14-16H2,2H3,(H2,20,21,22). The Labute approximate surface area is 144 Å². The Morgan fingerprint density at radius 2 is 2.00 bits per heavy atom. The van der Waals surface area contributed by atoms with Gasteiger partial charge in [-0.2, -0.15) is 0 Å². The first-order valence-corrected chi connectivity index (χ1v) is 8.28. The summed E-state index contributed by atoms with van der Waals surface area (Å²) in [6.45, 7) is 9.34. The molecule has 0 unspecified atom stereocenters. The zero-order valence-electron chi connectivity index (χ0n) is 14.2. The number of aliphatic imine (C=N–C) groups is 1. The monoisotopic (exact) mass is 326 g/mol. The highest BCUT2D eigenvalue weighted by atomic mass is 16.5. The van der Waals surface area contributed by atoms with E-state index in [-0.39, 0.29) is 0 Å². The van der Waals surface area contributed by atoms with Crippen molar-refractivity contribution >= 4 is 5.96 Å². The van der Waals surface area contributed by atoms with Crippen molar-refractivity contribution in [3.05, 3.63) is 67.0 Å². The summed E-state index contributed by atoms with van der Waals surface area (Å²) >= 11 is 0. The van der Waals surface area contributed by atoms with Gasteiger partial charge < -0.3 is 19.9 Å². The number of rotatable bonds is 9. The van der Waals surface area contributed by atoms with Crippen LogP contribution in [0.3, 0.4) is 0 Å². The van der Waals surface area contributed by atoms with Crippen molar-refractivity contribution in [2.24, 2.45) is 4.99 Å². The Morgan fingerprint density at radius 3 is 2.75 bits per heavy atom. The second-order valence-corrected chi connectivity index (χ2v) is 5.25. The topological polar surface area (TPSA) is 50.6 Å². The van der Waals surface area contributed by atoms with E-state index in [4.69, 9.17) is 4.74 Å². The fourth-order valence-corrected chi connectivity index (χ4v) is 2.25. The number of aromatic nitrogens is 1. The number of ether oxygens (including phenoxy) is 1. The van der Waals surface area contributed by atoms with Crippen LogP contribution < -0.4 is 15.4 Å². The molecule has 0 atom stereocenters. The second kappa shape index (κ2) is 10.2. The molecule has 128 valence electrons. The van der Waals surface area contributed by atoms with Crippen LogP contribution in [0.25, 0.3) is 0 Å². The lowest BCUT2D eigenvalue weighted by atomic mass is 10.2. The van der Waals surface area contributed by atoms with Gasteiger partial charge in [-0.1, -0.05) is 30.9 Å². The molecule has 1 heterocycles. The van der Waals surface area contributed by atoms with E-state index in [1.807, 2.05) is 36.4 Å². The molecule has 0 aliphatic carbocycles. The molecular formula is C19H26N4O. The zero-order chi connectivity index (χ0) is 17.0. The summed E-state index contributed by atoms with van der Waals surface area (Å²) in [5.41, 5.74) is 1.06. The molecule has 5 heteroatoms. The van der Waals surface area contributed by atoms with Crippen LogP contribution >= 0.6 is 0 Å². The minimum absolute atomic E-state index is 0.496. The van der Waals surface area contributed by atoms with Crippen molar-refractivity contribution in [1.29, 1.82) is 0 Å². The first-order valence-electron chi connectivity index (χ1n) is 8.28. The third kappa shape index (κ3) is 5.83. The molecular weight excluding hydrogens is 300 g/mol. The predicted molar refractivity (Wildman–Crippen MR) is 99.4 cm³/mol. The fraction of sp³-hybridized carbons (Fsp3) is 0.316. The highest BCUT2D eigenvalue weighted by molar-refractivity contribution is 5.79. The van der Waals surface area contributed by atoms with Gasteiger partial charge in [0.05, 0.1) is 6.54 Å². The summed E-state index contributed by atoms with van der Waals surface area (Å²) in [6, 6.07) is 12.0. The van der Waals surface area contributed by atoms with Crippen molar-refractivity contribution in [2.45, 2.75) is 20.0 Å². The number of para-hydroxylation sites is 1. The molecule has 2 N–H and O–H groups in total. The van der Waals surface area contributed by atoms with Crippen LogP contribution in [0.5, 0.6) is 5.75 Å². The summed E-state index contributed by atoms with van der Waals surface area (Å²) in [5, 5.41) is 6.62. The molecule has 0 radical (unpaired) electrons. The van der Waals surface area contributed by atoms with Crippen LogP contribution in [0, 0.1) is 0 Å². The lowest BCUT2D eigenvalue weighted by molar-refractivity contribution is 0.359. The quantitative estimate of drug-likeness (QED) is 0.423. The Morgan fingerprint density at radius 1 is 1.21 bits per heavy atom. The minimum atomic E-state index is 0.496. The molecule has 0 aliphatic heterocycles. The van der Waals surface area contributed by atoms with E-state index in [0.717, 1.165) is 36.9 Å². The number of nitrogens with one attached hydrogen (secondary N) is 2. The van der Waals surface area contributed by atoms with Gasteiger partial charge in [-0.25, -0.2) is 4.99 Å². The third-order valence-electron chi connectivity index (χ3n) is 3.41. The Bertz CT molecular complexity index is 635. The van der Waals surface area contributed by atoms with E-state index in [1.54, 1.807) is 6.08 Å². The SMILES string of the molecule is C=CCOc1ccccc1CN=C(NCC)NCCn1cccc1. The minimum Gasteiger partial charge on any atom is -0.489 e. The van der Waals surface area contributed by atoms with Gasteiger partial charge in [-0.3, -0.25) is 0 Å². The Balaban J connectivity index is 1.93. The van der Waals surface area contributed by atoms with Gasteiger partial charge in [0, 0.05) is 37.6 Å². The summed E-state index contributed by atoms with van der Waals surface area (Å²) in [5.74, 6) is 1.66. The molecule has 0 aliphatic rings. The smallest absolute Gasteiger partial charge is 0.191 e. The average Bonchev–Trinajstić information content (AvgIpc) is 3.12. The van der Waals surface area contributed by atoms with Crippen LogP contribution in [-0.4, -0.2) is 30.2 Å². The maximum atomic E-state index is 5.68. The van der Waals surface area contributed by atoms with Crippen LogP contribution in [0.2, 0.25) is 0 Å². The molecule has 0 saturated heterocycles. The van der Waals surface area contributed by atoms with Gasteiger partial charge in [-0.15, -0.1) is 0 Å². The van der Waals surface area contributed by atoms with Crippen LogP contribution in [-0.2, 0) is 13.1 Å². The highest BCUT2D eigenvalue weighted by Gasteiger charge is 2.03. The fourth-order valence-electron chi connectivity index (χ4n) is 2.25. The summed E-state index contributed by atoms with van der Waals surface area (Å²) in [7, 11) is 0. The number of hydrogen-bond donors (Lipinski definition) is 2. The van der Waals surface area contributed by atoms with Crippen molar-refractivity contribution < 1.29 is 4.74 Å². The van der Waals surface area contributed by atoms with Crippen molar-refractivity contribution in [2.75, 3.05) is 19.7 Å². The van der Waals surface area contributed by atoms with E-state index >= 15 is 0 Å².